The summed E-state index contributed by atoms with van der Waals surface area (Å²) in [6.45, 7) is 4.48. The minimum Gasteiger partial charge on any atom is -0.348 e. The van der Waals surface area contributed by atoms with Gasteiger partial charge in [-0.15, -0.1) is 0 Å². The largest absolute Gasteiger partial charge is 0.348 e. The zero-order valence-electron chi connectivity index (χ0n) is 13.5. The zero-order valence-corrected chi connectivity index (χ0v) is 13.5. The van der Waals surface area contributed by atoms with Crippen molar-refractivity contribution in [2.45, 2.75) is 26.3 Å². The van der Waals surface area contributed by atoms with Crippen molar-refractivity contribution in [2.75, 3.05) is 6.54 Å². The topological polar surface area (TPSA) is 88.0 Å². The fourth-order valence-corrected chi connectivity index (χ4v) is 2.48. The van der Waals surface area contributed by atoms with Crippen LogP contribution in [0.25, 0.3) is 11.3 Å². The van der Waals surface area contributed by atoms with Crippen LogP contribution in [0, 0.1) is 5.92 Å². The molecule has 0 aliphatic carbocycles. The molecule has 0 saturated heterocycles. The Balaban J connectivity index is 2.17. The first-order chi connectivity index (χ1) is 11.0. The number of hydrogen-bond donors (Lipinski definition) is 3. The van der Waals surface area contributed by atoms with Crippen molar-refractivity contribution in [2.24, 2.45) is 11.7 Å². The van der Waals surface area contributed by atoms with Crippen LogP contribution >= 0.6 is 0 Å². The van der Waals surface area contributed by atoms with E-state index in [-0.39, 0.29) is 17.5 Å². The van der Waals surface area contributed by atoms with Crippen LogP contribution < -0.4 is 16.6 Å². The summed E-state index contributed by atoms with van der Waals surface area (Å²) in [6.07, 6.45) is 0.780. The van der Waals surface area contributed by atoms with Crippen LogP contribution in [0.1, 0.15) is 30.6 Å². The molecule has 0 bridgehead atoms. The SMILES string of the molecule is CC(C)CC(CN)NC(=O)c1ccc(-c2ccccc2)[nH]c1=O. The summed E-state index contributed by atoms with van der Waals surface area (Å²) in [5.41, 5.74) is 6.97. The Morgan fingerprint density at radius 1 is 1.17 bits per heavy atom. The molecule has 4 N–H and O–H groups in total. The Kier molecular flexibility index (Phi) is 5.71. The molecule has 1 heterocycles. The summed E-state index contributed by atoms with van der Waals surface area (Å²) < 4.78 is 0. The van der Waals surface area contributed by atoms with Crippen LogP contribution in [0.2, 0.25) is 0 Å². The smallest absolute Gasteiger partial charge is 0.261 e. The van der Waals surface area contributed by atoms with Crippen molar-refractivity contribution >= 4 is 5.91 Å². The number of carbonyl (C=O) groups is 1. The standard InChI is InChI=1S/C18H23N3O2/c1-12(2)10-14(11-19)20-17(22)15-8-9-16(21-18(15)23)13-6-4-3-5-7-13/h3-9,12,14H,10-11,19H2,1-2H3,(H,20,22)(H,21,23). The van der Waals surface area contributed by atoms with E-state index >= 15 is 0 Å². The quantitative estimate of drug-likeness (QED) is 0.763. The van der Waals surface area contributed by atoms with E-state index < -0.39 is 5.56 Å². The molecule has 5 nitrogen and oxygen atoms in total. The van der Waals surface area contributed by atoms with Crippen molar-refractivity contribution in [3.8, 4) is 11.3 Å². The van der Waals surface area contributed by atoms with E-state index in [1.54, 1.807) is 12.1 Å². The number of benzene rings is 1. The van der Waals surface area contributed by atoms with E-state index in [0.717, 1.165) is 12.0 Å². The van der Waals surface area contributed by atoms with Gasteiger partial charge in [-0.2, -0.15) is 0 Å². The molecule has 1 aromatic carbocycles. The van der Waals surface area contributed by atoms with Gasteiger partial charge in [0.25, 0.3) is 11.5 Å². The average Bonchev–Trinajstić information content (AvgIpc) is 2.54. The molecule has 1 aromatic heterocycles. The molecule has 0 spiro atoms. The maximum atomic E-state index is 12.3. The second-order valence-electron chi connectivity index (χ2n) is 6.02. The lowest BCUT2D eigenvalue weighted by Crippen LogP contribution is -2.42. The minimum absolute atomic E-state index is 0.104. The molecule has 0 aliphatic rings. The lowest BCUT2D eigenvalue weighted by atomic mass is 10.0. The first kappa shape index (κ1) is 17.0. The van der Waals surface area contributed by atoms with E-state index in [1.807, 2.05) is 30.3 Å². The normalized spacial score (nSPS) is 12.2. The lowest BCUT2D eigenvalue weighted by Gasteiger charge is -2.18. The summed E-state index contributed by atoms with van der Waals surface area (Å²) in [4.78, 5) is 27.2. The second-order valence-corrected chi connectivity index (χ2v) is 6.02. The van der Waals surface area contributed by atoms with Crippen molar-refractivity contribution < 1.29 is 4.79 Å². The minimum atomic E-state index is -0.399. The van der Waals surface area contributed by atoms with Crippen molar-refractivity contribution in [3.63, 3.8) is 0 Å². The molecule has 0 saturated carbocycles. The molecular weight excluding hydrogens is 290 g/mol. The molecule has 2 aromatic rings. The summed E-state index contributed by atoms with van der Waals surface area (Å²) in [7, 11) is 0. The van der Waals surface area contributed by atoms with Gasteiger partial charge >= 0.3 is 0 Å². The first-order valence-corrected chi connectivity index (χ1v) is 7.81. The van der Waals surface area contributed by atoms with E-state index in [4.69, 9.17) is 5.73 Å². The summed E-state index contributed by atoms with van der Waals surface area (Å²) in [5, 5.41) is 2.83. The van der Waals surface area contributed by atoms with Gasteiger partial charge in [-0.05, 0) is 30.0 Å². The summed E-state index contributed by atoms with van der Waals surface area (Å²) >= 11 is 0. The van der Waals surface area contributed by atoms with Gasteiger partial charge in [0.2, 0.25) is 0 Å². The Hall–Kier alpha value is -2.40. The van der Waals surface area contributed by atoms with Gasteiger partial charge in [0.1, 0.15) is 5.56 Å². The number of amides is 1. The number of aromatic amines is 1. The number of carbonyl (C=O) groups excluding carboxylic acids is 1. The molecule has 1 amide bonds. The molecule has 5 heteroatoms. The number of nitrogens with two attached hydrogens (primary N) is 1. The first-order valence-electron chi connectivity index (χ1n) is 7.81. The fourth-order valence-electron chi connectivity index (χ4n) is 2.48. The predicted molar refractivity (Wildman–Crippen MR) is 92.3 cm³/mol. The maximum Gasteiger partial charge on any atom is 0.261 e. The van der Waals surface area contributed by atoms with Crippen LogP contribution in [-0.4, -0.2) is 23.5 Å². The average molecular weight is 313 g/mol. The maximum absolute atomic E-state index is 12.3. The highest BCUT2D eigenvalue weighted by atomic mass is 16.2. The lowest BCUT2D eigenvalue weighted by molar-refractivity contribution is 0.0932. The third kappa shape index (κ3) is 4.53. The third-order valence-electron chi connectivity index (χ3n) is 3.61. The van der Waals surface area contributed by atoms with E-state index in [1.165, 1.54) is 0 Å². The van der Waals surface area contributed by atoms with E-state index in [2.05, 4.69) is 24.1 Å². The third-order valence-corrected chi connectivity index (χ3v) is 3.61. The van der Waals surface area contributed by atoms with Crippen molar-refractivity contribution in [3.05, 3.63) is 58.4 Å². The molecule has 122 valence electrons. The van der Waals surface area contributed by atoms with Crippen LogP contribution in [0.4, 0.5) is 0 Å². The molecule has 1 unspecified atom stereocenters. The number of hydrogen-bond acceptors (Lipinski definition) is 3. The molecule has 0 radical (unpaired) electrons. The monoisotopic (exact) mass is 313 g/mol. The molecule has 0 aliphatic heterocycles. The molecular formula is C18H23N3O2. The molecule has 0 fully saturated rings. The highest BCUT2D eigenvalue weighted by Gasteiger charge is 2.16. The highest BCUT2D eigenvalue weighted by molar-refractivity contribution is 5.94. The van der Waals surface area contributed by atoms with Gasteiger partial charge in [0.15, 0.2) is 0 Å². The van der Waals surface area contributed by atoms with Gasteiger partial charge in [-0.1, -0.05) is 44.2 Å². The Morgan fingerprint density at radius 3 is 2.43 bits per heavy atom. The van der Waals surface area contributed by atoms with Crippen LogP contribution in [-0.2, 0) is 0 Å². The number of rotatable bonds is 6. The Morgan fingerprint density at radius 2 is 1.87 bits per heavy atom. The van der Waals surface area contributed by atoms with Crippen LogP contribution in [0.3, 0.4) is 0 Å². The van der Waals surface area contributed by atoms with E-state index in [9.17, 15) is 9.59 Å². The molecule has 2 rings (SSSR count). The Labute approximate surface area is 135 Å². The van der Waals surface area contributed by atoms with Crippen molar-refractivity contribution in [1.82, 2.24) is 10.3 Å². The number of aromatic nitrogens is 1. The van der Waals surface area contributed by atoms with Gasteiger partial charge in [-0.25, -0.2) is 0 Å². The van der Waals surface area contributed by atoms with Crippen molar-refractivity contribution in [1.29, 1.82) is 0 Å². The zero-order chi connectivity index (χ0) is 16.8. The Bertz CT molecular complexity index is 708. The van der Waals surface area contributed by atoms with E-state index in [0.29, 0.717) is 18.2 Å². The van der Waals surface area contributed by atoms with Gasteiger partial charge < -0.3 is 16.0 Å². The second kappa shape index (κ2) is 7.74. The number of nitrogens with one attached hydrogen (secondary N) is 2. The number of pyridine rings is 1. The highest BCUT2D eigenvalue weighted by Crippen LogP contribution is 2.14. The summed E-state index contributed by atoms with van der Waals surface area (Å²) in [5.74, 6) is 0.0320. The van der Waals surface area contributed by atoms with Gasteiger partial charge in [-0.3, -0.25) is 9.59 Å². The van der Waals surface area contributed by atoms with Crippen LogP contribution in [0.5, 0.6) is 0 Å². The van der Waals surface area contributed by atoms with Crippen LogP contribution in [0.15, 0.2) is 47.3 Å². The molecule has 23 heavy (non-hydrogen) atoms. The predicted octanol–water partition coefficient (Wildman–Crippen LogP) is 2.15. The summed E-state index contributed by atoms with van der Waals surface area (Å²) in [6, 6.07) is 12.7. The van der Waals surface area contributed by atoms with Gasteiger partial charge in [0.05, 0.1) is 0 Å². The molecule has 1 atom stereocenters. The number of H-pyrrole nitrogens is 1. The fraction of sp³-hybridized carbons (Fsp3) is 0.333. The van der Waals surface area contributed by atoms with Gasteiger partial charge in [0, 0.05) is 18.3 Å².